The van der Waals surface area contributed by atoms with Crippen LogP contribution in [0.4, 0.5) is 0 Å². The molecule has 0 fully saturated rings. The van der Waals surface area contributed by atoms with Crippen molar-refractivity contribution in [2.75, 3.05) is 14.1 Å². The zero-order valence-electron chi connectivity index (χ0n) is 50.3. The molecule has 63 heavy (non-hydrogen) atoms. The van der Waals surface area contributed by atoms with Gasteiger partial charge in [0.1, 0.15) is 0 Å². The van der Waals surface area contributed by atoms with Crippen molar-refractivity contribution < 1.29 is 31.4 Å². The minimum absolute atomic E-state index is 0.301. The van der Waals surface area contributed by atoms with Gasteiger partial charge in [-0.3, -0.25) is 9.59 Å². The van der Waals surface area contributed by atoms with Crippen molar-refractivity contribution >= 4 is 11.6 Å². The molecule has 1 rings (SSSR count). The monoisotopic (exact) mass is 872 g/mol. The van der Waals surface area contributed by atoms with E-state index in [2.05, 4.69) is 129 Å². The van der Waals surface area contributed by atoms with Crippen LogP contribution in [-0.2, 0) is 19.1 Å². The van der Waals surface area contributed by atoms with Crippen LogP contribution in [-0.4, -0.2) is 25.6 Å². The first-order chi connectivity index (χ1) is 33.5. The molecule has 0 amide bonds. The van der Waals surface area contributed by atoms with Crippen molar-refractivity contribution in [3.63, 3.8) is 0 Å². The first-order valence-corrected chi connectivity index (χ1v) is 23.5. The number of methoxy groups -OCH3 is 2. The summed E-state index contributed by atoms with van der Waals surface area (Å²) in [6.45, 7) is 20.8. The third kappa shape index (κ3) is 26.3. The Balaban J connectivity index is 2.50. The molecule has 4 nitrogen and oxygen atoms in total. The molecule has 1 aliphatic rings. The molecule has 0 radical (unpaired) electrons. The van der Waals surface area contributed by atoms with Crippen LogP contribution >= 0.6 is 0 Å². The molecule has 0 aromatic rings. The third-order valence-corrected chi connectivity index (χ3v) is 11.6. The van der Waals surface area contributed by atoms with E-state index < -0.39 is 55.2 Å². The number of rotatable bonds is 31. The Hall–Kier alpha value is -4.18. The molecule has 0 atom stereocenters. The maximum Gasteiger partial charge on any atom is 0.228 e. The van der Waals surface area contributed by atoms with Crippen molar-refractivity contribution in [1.29, 1.82) is 0 Å². The smallest absolute Gasteiger partial charge is 0.228 e. The minimum atomic E-state index is -3.28. The Morgan fingerprint density at radius 3 is 0.889 bits per heavy atom. The summed E-state index contributed by atoms with van der Waals surface area (Å²) in [6.07, 6.45) is 41.2. The molecule has 350 valence electrons. The van der Waals surface area contributed by atoms with Gasteiger partial charge in [-0.1, -0.05) is 116 Å². The standard InChI is InChI=1S/C59H90O4/c1-44(2)24-15-25-45(3)26-16-27-46(4)28-17-29-47(5)30-18-31-48(6)32-19-33-49(7)34-20-35-50(8)36-21-37-51(9)38-22-39-52(10)40-23-41-53(11)42-43-55-54(12)56(60)58(62-13)59(63-14)57(55)61/h24,26,28,30,32,34,36,38,40,42H,15-23,25,27,29,31,33,35,37,39,41,43H2,1-14H3/b45-26+,46-28+,47-30+,48-32+,49-34+,50-36+,51-38+,52-40+,53-42+/i12D3,13D3,14D3. The highest BCUT2D eigenvalue weighted by Gasteiger charge is 2.34. The Kier molecular flexibility index (Phi) is 22.6. The molecule has 0 aromatic carbocycles. The number of carbonyl (C=O) groups excluding carboxylic acids is 2. The van der Waals surface area contributed by atoms with Crippen LogP contribution in [0.3, 0.4) is 0 Å². The summed E-state index contributed by atoms with van der Waals surface area (Å²) in [7, 11) is -6.52. The summed E-state index contributed by atoms with van der Waals surface area (Å²) in [5.41, 5.74) is 12.3. The molecule has 0 heterocycles. The summed E-state index contributed by atoms with van der Waals surface area (Å²) in [6, 6.07) is 0. The molecule has 0 spiro atoms. The topological polar surface area (TPSA) is 52.6 Å². The number of allylic oxidation sites excluding steroid dienone is 22. The van der Waals surface area contributed by atoms with E-state index in [9.17, 15) is 9.59 Å². The van der Waals surface area contributed by atoms with Gasteiger partial charge in [-0.05, 0) is 205 Å². The van der Waals surface area contributed by atoms with E-state index in [1.807, 2.05) is 6.92 Å². The van der Waals surface area contributed by atoms with Crippen LogP contribution in [0.5, 0.6) is 0 Å². The van der Waals surface area contributed by atoms with Crippen molar-refractivity contribution in [3.8, 4) is 0 Å². The first kappa shape index (κ1) is 42.8. The number of Topliss-reactive ketones (excluding diaryl/α,β-unsaturated/α-hetero) is 2. The van der Waals surface area contributed by atoms with E-state index in [0.29, 0.717) is 12.8 Å². The molecular formula is C59H90O4. The molecule has 0 aromatic heterocycles. The van der Waals surface area contributed by atoms with Gasteiger partial charge < -0.3 is 9.47 Å². The zero-order chi connectivity index (χ0) is 54.7. The Morgan fingerprint density at radius 1 is 0.381 bits per heavy atom. The number of hydrogen-bond donors (Lipinski definition) is 0. The molecule has 4 heteroatoms. The van der Waals surface area contributed by atoms with Gasteiger partial charge in [0, 0.05) is 15.3 Å². The highest BCUT2D eigenvalue weighted by molar-refractivity contribution is 6.23. The molecule has 0 saturated carbocycles. The SMILES string of the molecule is [2H]C([2H])([2H])OC1=C(OC([2H])([2H])[2H])C(=O)C(C([2H])([2H])[2H])=C(C/C=C(\C)CC/C=C(\C)CC/C=C(\C)CC/C=C(\C)CC/C=C(\C)CC/C=C(\C)CC/C=C(\C)CC/C=C(\C)CC/C=C(\C)CCC=C(C)C)C1=O. The lowest BCUT2D eigenvalue weighted by molar-refractivity contribution is -0.121. The van der Waals surface area contributed by atoms with Gasteiger partial charge in [-0.25, -0.2) is 0 Å². The maximum absolute atomic E-state index is 13.4. The van der Waals surface area contributed by atoms with Crippen molar-refractivity contribution in [3.05, 3.63) is 139 Å². The second-order valence-electron chi connectivity index (χ2n) is 18.2. The normalized spacial score (nSPS) is 18.6. The predicted octanol–water partition coefficient (Wildman–Crippen LogP) is 17.9. The van der Waals surface area contributed by atoms with Crippen LogP contribution in [0.25, 0.3) is 0 Å². The van der Waals surface area contributed by atoms with Crippen LogP contribution in [0.15, 0.2) is 139 Å². The van der Waals surface area contributed by atoms with Gasteiger partial charge in [-0.2, -0.15) is 0 Å². The lowest BCUT2D eigenvalue weighted by atomic mass is 9.90. The van der Waals surface area contributed by atoms with E-state index >= 15 is 0 Å². The van der Waals surface area contributed by atoms with Gasteiger partial charge >= 0.3 is 0 Å². The average molecular weight is 872 g/mol. The summed E-state index contributed by atoms with van der Waals surface area (Å²) < 4.78 is 77.5. The zero-order valence-corrected chi connectivity index (χ0v) is 41.3. The quantitative estimate of drug-likeness (QED) is 0.0514. The molecule has 0 unspecified atom stereocenters. The maximum atomic E-state index is 13.4. The largest absolute Gasteiger partial charge is 0.489 e. The molecular weight excluding hydrogens is 773 g/mol. The van der Waals surface area contributed by atoms with Gasteiger partial charge in [0.2, 0.25) is 23.1 Å². The number of carbonyl (C=O) groups is 2. The van der Waals surface area contributed by atoms with Gasteiger partial charge in [0.25, 0.3) is 0 Å². The fourth-order valence-corrected chi connectivity index (χ4v) is 7.24. The highest BCUT2D eigenvalue weighted by Crippen LogP contribution is 2.28. The number of ether oxygens (including phenoxy) is 2. The predicted molar refractivity (Wildman–Crippen MR) is 275 cm³/mol. The molecule has 0 bridgehead atoms. The van der Waals surface area contributed by atoms with Gasteiger partial charge in [-0.15, -0.1) is 0 Å². The first-order valence-electron chi connectivity index (χ1n) is 28.0. The van der Waals surface area contributed by atoms with E-state index in [0.717, 1.165) is 108 Å². The van der Waals surface area contributed by atoms with Gasteiger partial charge in [0.15, 0.2) is 0 Å². The van der Waals surface area contributed by atoms with Crippen molar-refractivity contribution in [1.82, 2.24) is 0 Å². The second kappa shape index (κ2) is 33.3. The Labute approximate surface area is 400 Å². The van der Waals surface area contributed by atoms with Gasteiger partial charge in [0.05, 0.1) is 22.3 Å². The van der Waals surface area contributed by atoms with E-state index in [4.69, 9.17) is 17.1 Å². The Morgan fingerprint density at radius 2 is 0.635 bits per heavy atom. The molecule has 1 aliphatic carbocycles. The molecule has 0 N–H and O–H groups in total. The van der Waals surface area contributed by atoms with Crippen molar-refractivity contribution in [2.24, 2.45) is 0 Å². The van der Waals surface area contributed by atoms with Crippen LogP contribution in [0.2, 0.25) is 0 Å². The summed E-state index contributed by atoms with van der Waals surface area (Å²) in [5.74, 6) is -5.06. The molecule has 0 aliphatic heterocycles. The summed E-state index contributed by atoms with van der Waals surface area (Å²) in [5, 5.41) is 0. The fourth-order valence-electron chi connectivity index (χ4n) is 7.24. The summed E-state index contributed by atoms with van der Waals surface area (Å²) >= 11 is 0. The lowest BCUT2D eigenvalue weighted by Crippen LogP contribution is -2.24. The summed E-state index contributed by atoms with van der Waals surface area (Å²) in [4.78, 5) is 26.7. The fraction of sp³-hybridized carbons (Fsp3) is 0.559. The third-order valence-electron chi connectivity index (χ3n) is 11.6. The Bertz CT molecular complexity index is 2160. The lowest BCUT2D eigenvalue weighted by Gasteiger charge is -2.19. The van der Waals surface area contributed by atoms with Crippen LogP contribution in [0, 0.1) is 0 Å². The number of ketones is 2. The van der Waals surface area contributed by atoms with Crippen molar-refractivity contribution in [2.45, 2.75) is 205 Å². The average Bonchev–Trinajstić information content (AvgIpc) is 3.24. The van der Waals surface area contributed by atoms with E-state index in [1.54, 1.807) is 6.08 Å². The van der Waals surface area contributed by atoms with E-state index in [-0.39, 0.29) is 6.42 Å². The molecule has 0 saturated heterocycles. The highest BCUT2D eigenvalue weighted by atomic mass is 16.5. The van der Waals surface area contributed by atoms with Crippen LogP contribution < -0.4 is 0 Å². The minimum Gasteiger partial charge on any atom is -0.489 e. The number of hydrogen-bond acceptors (Lipinski definition) is 4. The second-order valence-corrected chi connectivity index (χ2v) is 18.2. The van der Waals surface area contributed by atoms with Crippen LogP contribution in [0.1, 0.15) is 217 Å². The van der Waals surface area contributed by atoms with E-state index in [1.165, 1.54) is 50.2 Å².